The Morgan fingerprint density at radius 2 is 1.39 bits per heavy atom. The molecular formula is C27H37F6N3O5. The number of aliphatic carboxylic acids is 2. The number of nitrogens with zero attached hydrogens (tertiary/aromatic N) is 1. The molecule has 1 amide bonds. The summed E-state index contributed by atoms with van der Waals surface area (Å²) in [5.74, 6) is -4.34. The molecule has 1 aromatic rings. The van der Waals surface area contributed by atoms with Gasteiger partial charge in [0.1, 0.15) is 0 Å². The minimum atomic E-state index is -5.08. The molecule has 0 aromatic heterocycles. The van der Waals surface area contributed by atoms with E-state index in [1.807, 2.05) is 18.2 Å². The molecule has 8 nitrogen and oxygen atoms in total. The number of carbonyl (C=O) groups excluding carboxylic acids is 1. The smallest absolute Gasteiger partial charge is 0.475 e. The number of hydrogen-bond acceptors (Lipinski definition) is 5. The van der Waals surface area contributed by atoms with Crippen molar-refractivity contribution in [1.29, 1.82) is 0 Å². The predicted octanol–water partition coefficient (Wildman–Crippen LogP) is 4.93. The molecule has 1 saturated carbocycles. The van der Waals surface area contributed by atoms with E-state index >= 15 is 0 Å². The molecule has 1 aliphatic carbocycles. The largest absolute Gasteiger partial charge is 0.490 e. The van der Waals surface area contributed by atoms with E-state index in [0.29, 0.717) is 23.6 Å². The van der Waals surface area contributed by atoms with Crippen molar-refractivity contribution in [3.63, 3.8) is 0 Å². The third kappa shape index (κ3) is 11.5. The molecule has 232 valence electrons. The van der Waals surface area contributed by atoms with Gasteiger partial charge in [-0.05, 0) is 74.6 Å². The molecule has 41 heavy (non-hydrogen) atoms. The van der Waals surface area contributed by atoms with E-state index in [4.69, 9.17) is 25.5 Å². The average Bonchev–Trinajstić information content (AvgIpc) is 3.13. The van der Waals surface area contributed by atoms with Crippen molar-refractivity contribution in [2.24, 2.45) is 11.7 Å². The zero-order chi connectivity index (χ0) is 30.8. The lowest BCUT2D eigenvalue weighted by Crippen LogP contribution is -2.45. The highest BCUT2D eigenvalue weighted by molar-refractivity contribution is 5.92. The first-order valence-electron chi connectivity index (χ1n) is 13.6. The molecule has 2 saturated heterocycles. The summed E-state index contributed by atoms with van der Waals surface area (Å²) in [5, 5.41) is 18.0. The number of primary amides is 1. The normalized spacial score (nSPS) is 23.0. The van der Waals surface area contributed by atoms with E-state index < -0.39 is 24.3 Å². The minimum Gasteiger partial charge on any atom is -0.475 e. The molecule has 0 radical (unpaired) electrons. The Morgan fingerprint density at radius 3 is 1.85 bits per heavy atom. The average molecular weight is 598 g/mol. The fourth-order valence-corrected chi connectivity index (χ4v) is 5.76. The fraction of sp³-hybridized carbons (Fsp3) is 0.667. The summed E-state index contributed by atoms with van der Waals surface area (Å²) in [7, 11) is 0. The van der Waals surface area contributed by atoms with E-state index in [0.717, 1.165) is 12.5 Å². The zero-order valence-electron chi connectivity index (χ0n) is 22.5. The van der Waals surface area contributed by atoms with Gasteiger partial charge < -0.3 is 21.3 Å². The molecule has 1 aromatic carbocycles. The van der Waals surface area contributed by atoms with Crippen LogP contribution in [-0.4, -0.2) is 77.0 Å². The number of amides is 1. The molecule has 2 bridgehead atoms. The van der Waals surface area contributed by atoms with Crippen molar-refractivity contribution in [3.05, 3.63) is 35.4 Å². The number of nitrogens with two attached hydrogens (primary N) is 1. The second-order valence-electron chi connectivity index (χ2n) is 10.6. The van der Waals surface area contributed by atoms with Crippen molar-refractivity contribution in [2.45, 2.75) is 88.1 Å². The number of alkyl halides is 6. The number of rotatable bonds is 7. The summed E-state index contributed by atoms with van der Waals surface area (Å²) < 4.78 is 63.5. The number of piperidine rings is 1. The van der Waals surface area contributed by atoms with E-state index in [1.54, 1.807) is 0 Å². The molecule has 0 spiro atoms. The summed E-state index contributed by atoms with van der Waals surface area (Å²) in [4.78, 5) is 32.1. The van der Waals surface area contributed by atoms with E-state index in [-0.39, 0.29) is 5.91 Å². The Balaban J connectivity index is 0.000000349. The molecule has 14 heteroatoms. The monoisotopic (exact) mass is 597 g/mol. The SMILES string of the molecule is NC(=O)c1cccc(C2CC3CCC(C2)N3CCNCC2CCCCC2)c1.O=C(O)C(F)(F)F.O=C(O)C(F)(F)F. The third-order valence-corrected chi connectivity index (χ3v) is 7.72. The lowest BCUT2D eigenvalue weighted by atomic mass is 9.84. The standard InChI is InChI=1S/C23H35N3O.2C2HF3O2/c24-23(27)19-8-4-7-18(13-19)20-14-21-9-10-22(15-20)26(21)12-11-25-16-17-5-2-1-3-6-17;2*3-2(4,5)1(6)7/h4,7-8,13,17,20-22,25H,1-3,5-6,9-12,14-16H2,(H2,24,27);2*(H,6,7). The van der Waals surface area contributed by atoms with Gasteiger partial charge >= 0.3 is 24.3 Å². The molecule has 2 atom stereocenters. The number of nitrogens with one attached hydrogen (secondary N) is 1. The van der Waals surface area contributed by atoms with Crippen LogP contribution in [0.15, 0.2) is 24.3 Å². The first-order valence-corrected chi connectivity index (χ1v) is 13.6. The quantitative estimate of drug-likeness (QED) is 0.259. The molecule has 3 fully saturated rings. The van der Waals surface area contributed by atoms with E-state index in [1.165, 1.54) is 76.4 Å². The number of hydrogen-bond donors (Lipinski definition) is 4. The minimum absolute atomic E-state index is 0.318. The van der Waals surface area contributed by atoms with Gasteiger partial charge in [-0.1, -0.05) is 31.4 Å². The van der Waals surface area contributed by atoms with Crippen molar-refractivity contribution >= 4 is 17.8 Å². The van der Waals surface area contributed by atoms with Gasteiger partial charge in [0, 0.05) is 30.7 Å². The van der Waals surface area contributed by atoms with Crippen molar-refractivity contribution < 1.29 is 50.9 Å². The highest BCUT2D eigenvalue weighted by atomic mass is 19.4. The van der Waals surface area contributed by atoms with Crippen LogP contribution in [0.4, 0.5) is 26.3 Å². The number of benzene rings is 1. The Morgan fingerprint density at radius 1 is 0.878 bits per heavy atom. The third-order valence-electron chi connectivity index (χ3n) is 7.72. The van der Waals surface area contributed by atoms with Gasteiger partial charge in [0.25, 0.3) is 0 Å². The van der Waals surface area contributed by atoms with Crippen LogP contribution in [0.5, 0.6) is 0 Å². The van der Waals surface area contributed by atoms with Crippen LogP contribution in [0.3, 0.4) is 0 Å². The van der Waals surface area contributed by atoms with Gasteiger partial charge in [-0.2, -0.15) is 26.3 Å². The Kier molecular flexibility index (Phi) is 12.9. The van der Waals surface area contributed by atoms with Crippen LogP contribution in [0.2, 0.25) is 0 Å². The second kappa shape index (κ2) is 15.4. The van der Waals surface area contributed by atoms with Gasteiger partial charge in [-0.15, -0.1) is 0 Å². The van der Waals surface area contributed by atoms with E-state index in [9.17, 15) is 31.1 Å². The summed E-state index contributed by atoms with van der Waals surface area (Å²) in [6, 6.07) is 9.43. The van der Waals surface area contributed by atoms with Crippen LogP contribution in [0.1, 0.15) is 79.6 Å². The van der Waals surface area contributed by atoms with Gasteiger partial charge in [0.15, 0.2) is 0 Å². The number of fused-ring (bicyclic) bond motifs is 2. The topological polar surface area (TPSA) is 133 Å². The predicted molar refractivity (Wildman–Crippen MR) is 137 cm³/mol. The highest BCUT2D eigenvalue weighted by Crippen LogP contribution is 2.42. The molecule has 2 heterocycles. The first kappa shape index (κ1) is 34.3. The fourth-order valence-electron chi connectivity index (χ4n) is 5.76. The summed E-state index contributed by atoms with van der Waals surface area (Å²) in [6.07, 6.45) is 2.10. The molecular weight excluding hydrogens is 560 g/mol. The maximum absolute atomic E-state index is 11.5. The number of carboxylic acids is 2. The van der Waals surface area contributed by atoms with Crippen LogP contribution in [-0.2, 0) is 9.59 Å². The van der Waals surface area contributed by atoms with Gasteiger partial charge in [0.2, 0.25) is 5.91 Å². The summed E-state index contributed by atoms with van der Waals surface area (Å²) >= 11 is 0. The summed E-state index contributed by atoms with van der Waals surface area (Å²) in [5.41, 5.74) is 7.42. The van der Waals surface area contributed by atoms with Crippen LogP contribution in [0, 0.1) is 5.92 Å². The Bertz CT molecular complexity index is 976. The maximum atomic E-state index is 11.5. The molecule has 2 unspecified atom stereocenters. The van der Waals surface area contributed by atoms with Crippen LogP contribution < -0.4 is 11.1 Å². The zero-order valence-corrected chi connectivity index (χ0v) is 22.5. The van der Waals surface area contributed by atoms with Crippen LogP contribution in [0.25, 0.3) is 0 Å². The van der Waals surface area contributed by atoms with Crippen LogP contribution >= 0.6 is 0 Å². The second-order valence-corrected chi connectivity index (χ2v) is 10.6. The highest BCUT2D eigenvalue weighted by Gasteiger charge is 2.41. The Hall–Kier alpha value is -2.87. The molecule has 2 aliphatic heterocycles. The number of halogens is 6. The maximum Gasteiger partial charge on any atom is 0.490 e. The number of carbonyl (C=O) groups is 3. The first-order chi connectivity index (χ1) is 19.1. The van der Waals surface area contributed by atoms with Gasteiger partial charge in [-0.25, -0.2) is 9.59 Å². The molecule has 4 rings (SSSR count). The Labute approximate surface area is 234 Å². The van der Waals surface area contributed by atoms with Gasteiger partial charge in [-0.3, -0.25) is 9.69 Å². The molecule has 3 aliphatic rings. The van der Waals surface area contributed by atoms with Gasteiger partial charge in [0.05, 0.1) is 0 Å². The lowest BCUT2D eigenvalue weighted by molar-refractivity contribution is -0.193. The van der Waals surface area contributed by atoms with Crippen molar-refractivity contribution in [2.75, 3.05) is 19.6 Å². The molecule has 5 N–H and O–H groups in total. The van der Waals surface area contributed by atoms with E-state index in [2.05, 4.69) is 16.3 Å². The van der Waals surface area contributed by atoms with Crippen molar-refractivity contribution in [3.8, 4) is 0 Å². The van der Waals surface area contributed by atoms with Crippen molar-refractivity contribution in [1.82, 2.24) is 10.2 Å². The lowest BCUT2D eigenvalue weighted by Gasteiger charge is -2.39. The summed E-state index contributed by atoms with van der Waals surface area (Å²) in [6.45, 7) is 3.53. The number of carboxylic acid groups (broad SMARTS) is 2.